The van der Waals surface area contributed by atoms with Gasteiger partial charge in [0, 0.05) is 25.2 Å². The van der Waals surface area contributed by atoms with Crippen LogP contribution >= 0.6 is 0 Å². The van der Waals surface area contributed by atoms with Crippen LogP contribution in [0.2, 0.25) is 0 Å². The van der Waals surface area contributed by atoms with Crippen LogP contribution in [0.15, 0.2) is 48.5 Å². The van der Waals surface area contributed by atoms with Gasteiger partial charge in [0.2, 0.25) is 0 Å². The van der Waals surface area contributed by atoms with Crippen LogP contribution in [0, 0.1) is 0 Å². The zero-order chi connectivity index (χ0) is 20.9. The van der Waals surface area contributed by atoms with E-state index in [4.69, 9.17) is 10.5 Å². The smallest absolute Gasteiger partial charge is 0.255 e. The summed E-state index contributed by atoms with van der Waals surface area (Å²) < 4.78 is 5.39. The van der Waals surface area contributed by atoms with E-state index in [0.717, 1.165) is 63.2 Å². The molecule has 6 heteroatoms. The number of nitrogens with zero attached hydrogens (tertiary/aromatic N) is 1. The second-order valence-electron chi connectivity index (χ2n) is 7.99. The molecule has 1 amide bonds. The van der Waals surface area contributed by atoms with Crippen molar-refractivity contribution in [1.82, 2.24) is 4.90 Å². The van der Waals surface area contributed by atoms with E-state index in [1.54, 1.807) is 6.07 Å². The highest BCUT2D eigenvalue weighted by molar-refractivity contribution is 6.06. The van der Waals surface area contributed by atoms with Crippen molar-refractivity contribution >= 4 is 22.9 Å². The fourth-order valence-electron chi connectivity index (χ4n) is 3.98. The Labute approximate surface area is 177 Å². The van der Waals surface area contributed by atoms with Gasteiger partial charge in [0.15, 0.2) is 0 Å². The highest BCUT2D eigenvalue weighted by Crippen LogP contribution is 2.31. The van der Waals surface area contributed by atoms with Crippen molar-refractivity contribution in [2.75, 3.05) is 37.4 Å². The van der Waals surface area contributed by atoms with Gasteiger partial charge in [-0.15, -0.1) is 0 Å². The molecule has 1 aliphatic carbocycles. The Morgan fingerprint density at radius 2 is 1.93 bits per heavy atom. The summed E-state index contributed by atoms with van der Waals surface area (Å²) in [4.78, 5) is 15.1. The Balaban J connectivity index is 1.43. The van der Waals surface area contributed by atoms with Crippen LogP contribution in [0.1, 0.15) is 40.7 Å². The van der Waals surface area contributed by atoms with Crippen LogP contribution in [0.25, 0.3) is 5.57 Å². The van der Waals surface area contributed by atoms with E-state index in [9.17, 15) is 9.90 Å². The van der Waals surface area contributed by atoms with Crippen LogP contribution in [0.3, 0.4) is 0 Å². The number of aliphatic hydroxyl groups excluding tert-OH is 1. The van der Waals surface area contributed by atoms with Crippen LogP contribution in [0.4, 0.5) is 11.4 Å². The van der Waals surface area contributed by atoms with Gasteiger partial charge in [0.1, 0.15) is 0 Å². The third kappa shape index (κ3) is 5.08. The van der Waals surface area contributed by atoms with E-state index in [1.807, 2.05) is 42.5 Å². The molecule has 0 radical (unpaired) electrons. The number of carbonyl (C=O) groups is 1. The highest BCUT2D eigenvalue weighted by atomic mass is 16.5. The molecule has 4 rings (SSSR count). The van der Waals surface area contributed by atoms with Gasteiger partial charge in [0.05, 0.1) is 30.7 Å². The number of hydrogen-bond acceptors (Lipinski definition) is 5. The van der Waals surface area contributed by atoms with Gasteiger partial charge in [0.25, 0.3) is 5.91 Å². The monoisotopic (exact) mass is 407 g/mol. The van der Waals surface area contributed by atoms with E-state index in [-0.39, 0.29) is 5.91 Å². The summed E-state index contributed by atoms with van der Waals surface area (Å²) >= 11 is 0. The van der Waals surface area contributed by atoms with Crippen molar-refractivity contribution < 1.29 is 14.6 Å². The minimum Gasteiger partial charge on any atom is -0.397 e. The maximum atomic E-state index is 12.8. The third-order valence-electron chi connectivity index (χ3n) is 5.74. The average Bonchev–Trinajstić information content (AvgIpc) is 2.76. The molecular weight excluding hydrogens is 378 g/mol. The Morgan fingerprint density at radius 3 is 2.67 bits per heavy atom. The summed E-state index contributed by atoms with van der Waals surface area (Å²) in [5, 5.41) is 12.8. The number of morpholine rings is 1. The number of hydrogen-bond donors (Lipinski definition) is 3. The molecule has 158 valence electrons. The molecular formula is C24H29N3O3. The summed E-state index contributed by atoms with van der Waals surface area (Å²) in [6.45, 7) is 4.28. The molecule has 6 nitrogen and oxygen atoms in total. The number of anilines is 2. The Bertz CT molecular complexity index is 918. The van der Waals surface area contributed by atoms with Gasteiger partial charge in [-0.1, -0.05) is 24.3 Å². The van der Waals surface area contributed by atoms with Gasteiger partial charge in [-0.25, -0.2) is 0 Å². The molecule has 2 aliphatic rings. The fraction of sp³-hybridized carbons (Fsp3) is 0.375. The van der Waals surface area contributed by atoms with Gasteiger partial charge in [-0.05, 0) is 60.2 Å². The van der Waals surface area contributed by atoms with Crippen molar-refractivity contribution in [3.8, 4) is 0 Å². The first-order chi connectivity index (χ1) is 14.6. The van der Waals surface area contributed by atoms with Gasteiger partial charge in [-0.2, -0.15) is 0 Å². The number of allylic oxidation sites excluding steroid dienone is 1. The number of amides is 1. The van der Waals surface area contributed by atoms with Crippen molar-refractivity contribution in [3.05, 3.63) is 65.2 Å². The summed E-state index contributed by atoms with van der Waals surface area (Å²) in [6.07, 6.45) is 4.16. The fourth-order valence-corrected chi connectivity index (χ4v) is 3.98. The molecule has 0 spiro atoms. The van der Waals surface area contributed by atoms with E-state index < -0.39 is 6.10 Å². The van der Waals surface area contributed by atoms with Gasteiger partial charge in [-0.3, -0.25) is 9.69 Å². The third-order valence-corrected chi connectivity index (χ3v) is 5.74. The molecule has 0 saturated carbocycles. The van der Waals surface area contributed by atoms with Gasteiger partial charge >= 0.3 is 0 Å². The summed E-state index contributed by atoms with van der Waals surface area (Å²) in [6, 6.07) is 13.3. The molecule has 2 aromatic carbocycles. The molecule has 1 saturated heterocycles. The maximum Gasteiger partial charge on any atom is 0.255 e. The summed E-state index contributed by atoms with van der Waals surface area (Å²) in [5.74, 6) is -0.186. The molecule has 4 N–H and O–H groups in total. The van der Waals surface area contributed by atoms with Crippen molar-refractivity contribution in [2.24, 2.45) is 0 Å². The zero-order valence-corrected chi connectivity index (χ0v) is 17.1. The minimum atomic E-state index is -0.402. The Kier molecular flexibility index (Phi) is 6.47. The predicted octanol–water partition coefficient (Wildman–Crippen LogP) is 3.28. The number of carbonyl (C=O) groups excluding carboxylic acids is 1. The highest BCUT2D eigenvalue weighted by Gasteiger charge is 2.15. The zero-order valence-electron chi connectivity index (χ0n) is 17.1. The predicted molar refractivity (Wildman–Crippen MR) is 119 cm³/mol. The normalized spacial score (nSPS) is 19.9. The van der Waals surface area contributed by atoms with Crippen LogP contribution in [-0.2, 0) is 11.3 Å². The van der Waals surface area contributed by atoms with E-state index in [2.05, 4.69) is 10.2 Å². The lowest BCUT2D eigenvalue weighted by Gasteiger charge is -2.26. The molecule has 1 fully saturated rings. The second kappa shape index (κ2) is 9.43. The number of benzene rings is 2. The van der Waals surface area contributed by atoms with Crippen molar-refractivity contribution in [3.63, 3.8) is 0 Å². The lowest BCUT2D eigenvalue weighted by atomic mass is 9.92. The lowest BCUT2D eigenvalue weighted by Crippen LogP contribution is -2.35. The van der Waals surface area contributed by atoms with Crippen LogP contribution in [-0.4, -0.2) is 48.3 Å². The molecule has 0 bridgehead atoms. The Morgan fingerprint density at radius 1 is 1.17 bits per heavy atom. The standard InChI is InChI=1S/C24H29N3O3/c25-22-9-8-20(19-2-1-3-21(28)14-19)15-23(22)26-24(29)18-6-4-17(5-7-18)16-27-10-12-30-13-11-27/h4-9,14-15,21,28H,1-3,10-13,16,25H2,(H,26,29). The number of aliphatic hydroxyl groups is 1. The van der Waals surface area contributed by atoms with Crippen molar-refractivity contribution in [1.29, 1.82) is 0 Å². The molecule has 0 aromatic heterocycles. The summed E-state index contributed by atoms with van der Waals surface area (Å²) in [5.41, 5.74) is 11.1. The van der Waals surface area contributed by atoms with Gasteiger partial charge < -0.3 is 20.9 Å². The van der Waals surface area contributed by atoms with Crippen LogP contribution < -0.4 is 11.1 Å². The average molecular weight is 408 g/mol. The number of ether oxygens (including phenoxy) is 1. The number of nitrogen functional groups attached to an aromatic ring is 1. The first kappa shape index (κ1) is 20.6. The van der Waals surface area contributed by atoms with Crippen LogP contribution in [0.5, 0.6) is 0 Å². The minimum absolute atomic E-state index is 0.186. The molecule has 1 heterocycles. The maximum absolute atomic E-state index is 12.8. The molecule has 1 aliphatic heterocycles. The SMILES string of the molecule is Nc1ccc(C2=CC(O)CCC2)cc1NC(=O)c1ccc(CN2CCOCC2)cc1. The molecule has 1 atom stereocenters. The number of nitrogens with two attached hydrogens (primary N) is 1. The first-order valence-corrected chi connectivity index (χ1v) is 10.6. The largest absolute Gasteiger partial charge is 0.397 e. The van der Waals surface area contributed by atoms with Crippen molar-refractivity contribution in [2.45, 2.75) is 31.9 Å². The van der Waals surface area contributed by atoms with E-state index >= 15 is 0 Å². The lowest BCUT2D eigenvalue weighted by molar-refractivity contribution is 0.0342. The van der Waals surface area contributed by atoms with E-state index in [1.165, 1.54) is 5.56 Å². The first-order valence-electron chi connectivity index (χ1n) is 10.6. The second-order valence-corrected chi connectivity index (χ2v) is 7.99. The molecule has 2 aromatic rings. The van der Waals surface area contributed by atoms with E-state index in [0.29, 0.717) is 16.9 Å². The quantitative estimate of drug-likeness (QED) is 0.662. The topological polar surface area (TPSA) is 87.8 Å². The number of rotatable bonds is 5. The molecule has 30 heavy (non-hydrogen) atoms. The molecule has 1 unspecified atom stereocenters. The summed E-state index contributed by atoms with van der Waals surface area (Å²) in [7, 11) is 0. The number of nitrogens with one attached hydrogen (secondary N) is 1. The Hall–Kier alpha value is -2.67.